The Bertz CT molecular complexity index is 1310. The zero-order valence-corrected chi connectivity index (χ0v) is 23.3. The first kappa shape index (κ1) is 33.3. The lowest BCUT2D eigenvalue weighted by molar-refractivity contribution is -0.192. The van der Waals surface area contributed by atoms with E-state index in [0.29, 0.717) is 6.42 Å². The van der Waals surface area contributed by atoms with Crippen LogP contribution < -0.4 is 5.32 Å². The first-order chi connectivity index (χ1) is 18.3. The molecular weight excluding hydrogens is 582 g/mol. The number of nitriles is 1. The molecular formula is C27H27Cl2F5N2O4. The molecule has 0 aliphatic carbocycles. The Kier molecular flexibility index (Phi) is 10.2. The van der Waals surface area contributed by atoms with Crippen molar-refractivity contribution in [2.24, 2.45) is 11.3 Å². The Balaban J connectivity index is 0.000000708. The molecule has 218 valence electrons. The molecule has 0 radical (unpaired) electrons. The standard InChI is InChI=1S/C25H26Cl2F2N2O2.C2HF3O2/c1-13(2)24(3,4)11-19-25(12-30,16-9-8-14(26)10-18(16)28)20(22(31-19)23(32)33)15-6-5-7-17(27)21(15)29;3-2(4,5)1(6)7/h5-10,13,19-20,22,31H,11H2,1-4H3,(H,32,33);(H,6,7). The molecule has 3 N–H and O–H groups in total. The van der Waals surface area contributed by atoms with Crippen molar-refractivity contribution in [2.45, 2.75) is 63.7 Å². The van der Waals surface area contributed by atoms with Crippen LogP contribution >= 0.6 is 23.2 Å². The van der Waals surface area contributed by atoms with Gasteiger partial charge in [0.15, 0.2) is 0 Å². The lowest BCUT2D eigenvalue weighted by atomic mass is 9.61. The molecule has 13 heteroatoms. The molecule has 2 aromatic carbocycles. The van der Waals surface area contributed by atoms with E-state index in [2.05, 4.69) is 11.4 Å². The van der Waals surface area contributed by atoms with Gasteiger partial charge in [0, 0.05) is 22.5 Å². The fraction of sp³-hybridized carbons (Fsp3) is 0.444. The highest BCUT2D eigenvalue weighted by Crippen LogP contribution is 2.53. The maximum atomic E-state index is 15.4. The van der Waals surface area contributed by atoms with Gasteiger partial charge in [-0.1, -0.05) is 69.1 Å². The molecule has 2 aromatic rings. The molecule has 1 aliphatic heterocycles. The minimum Gasteiger partial charge on any atom is -0.480 e. The van der Waals surface area contributed by atoms with E-state index >= 15 is 8.78 Å². The van der Waals surface area contributed by atoms with E-state index in [9.17, 15) is 28.3 Å². The lowest BCUT2D eigenvalue weighted by Crippen LogP contribution is -2.46. The number of aliphatic carboxylic acids is 2. The quantitative estimate of drug-likeness (QED) is 0.306. The van der Waals surface area contributed by atoms with Gasteiger partial charge in [-0.05, 0) is 41.5 Å². The molecule has 3 rings (SSSR count). The first-order valence-corrected chi connectivity index (χ1v) is 12.7. The number of nitrogens with zero attached hydrogens (tertiary/aromatic N) is 1. The summed E-state index contributed by atoms with van der Waals surface area (Å²) in [5, 5.41) is 30.8. The van der Waals surface area contributed by atoms with Crippen LogP contribution in [0.1, 0.15) is 51.2 Å². The van der Waals surface area contributed by atoms with E-state index in [1.165, 1.54) is 30.3 Å². The van der Waals surface area contributed by atoms with Gasteiger partial charge in [-0.2, -0.15) is 18.4 Å². The van der Waals surface area contributed by atoms with E-state index < -0.39 is 53.2 Å². The number of carbonyl (C=O) groups is 2. The summed E-state index contributed by atoms with van der Waals surface area (Å²) in [6.45, 7) is 8.05. The predicted octanol–water partition coefficient (Wildman–Crippen LogP) is 6.95. The smallest absolute Gasteiger partial charge is 0.480 e. The molecule has 0 spiro atoms. The van der Waals surface area contributed by atoms with Gasteiger partial charge in [-0.3, -0.25) is 10.1 Å². The Labute approximate surface area is 237 Å². The van der Waals surface area contributed by atoms with E-state index in [-0.39, 0.29) is 32.5 Å². The van der Waals surface area contributed by atoms with Gasteiger partial charge >= 0.3 is 18.1 Å². The van der Waals surface area contributed by atoms with E-state index in [1.807, 2.05) is 27.7 Å². The second kappa shape index (κ2) is 12.3. The molecule has 6 nitrogen and oxygen atoms in total. The van der Waals surface area contributed by atoms with Crippen LogP contribution in [0.2, 0.25) is 10.0 Å². The average Bonchev–Trinajstić information content (AvgIpc) is 3.14. The summed E-state index contributed by atoms with van der Waals surface area (Å²) in [6, 6.07) is 8.24. The molecule has 0 amide bonds. The third kappa shape index (κ3) is 6.67. The molecule has 0 bridgehead atoms. The normalized spacial score (nSPS) is 22.8. The van der Waals surface area contributed by atoms with Crippen LogP contribution in [0.25, 0.3) is 0 Å². The van der Waals surface area contributed by atoms with Crippen molar-refractivity contribution in [2.75, 3.05) is 0 Å². The van der Waals surface area contributed by atoms with E-state index in [4.69, 9.17) is 33.1 Å². The second-order valence-corrected chi connectivity index (χ2v) is 11.3. The zero-order valence-electron chi connectivity index (χ0n) is 21.8. The SMILES string of the molecule is CC(C)C(C)(C)CC1NC(C(=O)O)C(c2cccc(Cl)c2F)C1(C#N)c1ccc(Cl)cc1F.O=C(O)C(F)(F)F. The maximum Gasteiger partial charge on any atom is 0.490 e. The van der Waals surface area contributed by atoms with Gasteiger partial charge in [0.25, 0.3) is 0 Å². The summed E-state index contributed by atoms with van der Waals surface area (Å²) >= 11 is 12.0. The van der Waals surface area contributed by atoms with Gasteiger partial charge in [0.1, 0.15) is 23.1 Å². The van der Waals surface area contributed by atoms with Crippen molar-refractivity contribution in [1.29, 1.82) is 5.26 Å². The zero-order chi connectivity index (χ0) is 30.8. The fourth-order valence-corrected chi connectivity index (χ4v) is 5.03. The summed E-state index contributed by atoms with van der Waals surface area (Å²) in [7, 11) is 0. The van der Waals surface area contributed by atoms with Gasteiger partial charge in [0.05, 0.1) is 11.1 Å². The minimum atomic E-state index is -5.08. The Morgan fingerprint density at radius 1 is 1.12 bits per heavy atom. The summed E-state index contributed by atoms with van der Waals surface area (Å²) < 4.78 is 62.4. The Hall–Kier alpha value is -2.94. The molecule has 0 aromatic heterocycles. The number of hydrogen-bond donors (Lipinski definition) is 3. The molecule has 1 aliphatic rings. The lowest BCUT2D eigenvalue weighted by Gasteiger charge is -2.39. The van der Waals surface area contributed by atoms with Crippen LogP contribution in [-0.2, 0) is 15.0 Å². The van der Waals surface area contributed by atoms with Crippen molar-refractivity contribution in [1.82, 2.24) is 5.32 Å². The number of nitrogens with one attached hydrogen (secondary N) is 1. The largest absolute Gasteiger partial charge is 0.490 e. The fourth-order valence-electron chi connectivity index (χ4n) is 4.69. The number of carboxylic acids is 2. The molecule has 1 saturated heterocycles. The highest BCUT2D eigenvalue weighted by molar-refractivity contribution is 6.31. The van der Waals surface area contributed by atoms with Crippen LogP contribution in [0.3, 0.4) is 0 Å². The third-order valence-corrected chi connectivity index (χ3v) is 7.96. The van der Waals surface area contributed by atoms with Gasteiger partial charge in [-0.25, -0.2) is 13.6 Å². The Morgan fingerprint density at radius 2 is 1.70 bits per heavy atom. The van der Waals surface area contributed by atoms with Crippen molar-refractivity contribution < 1.29 is 41.8 Å². The van der Waals surface area contributed by atoms with E-state index in [0.717, 1.165) is 6.07 Å². The number of carboxylic acid groups (broad SMARTS) is 2. The average molecular weight is 609 g/mol. The van der Waals surface area contributed by atoms with Gasteiger partial charge in [0.2, 0.25) is 0 Å². The summed E-state index contributed by atoms with van der Waals surface area (Å²) in [6.07, 6.45) is -4.73. The van der Waals surface area contributed by atoms with Crippen LogP contribution in [0.4, 0.5) is 22.0 Å². The molecule has 40 heavy (non-hydrogen) atoms. The maximum absolute atomic E-state index is 15.4. The van der Waals surface area contributed by atoms with E-state index in [1.54, 1.807) is 0 Å². The van der Waals surface area contributed by atoms with Crippen molar-refractivity contribution >= 4 is 35.1 Å². The number of alkyl halides is 3. The number of rotatable bonds is 6. The van der Waals surface area contributed by atoms with Crippen molar-refractivity contribution in [3.8, 4) is 6.07 Å². The molecule has 4 unspecified atom stereocenters. The highest BCUT2D eigenvalue weighted by atomic mass is 35.5. The summed E-state index contributed by atoms with van der Waals surface area (Å²) in [5.74, 6) is -6.67. The third-order valence-electron chi connectivity index (χ3n) is 7.43. The summed E-state index contributed by atoms with van der Waals surface area (Å²) in [4.78, 5) is 21.3. The molecule has 0 saturated carbocycles. The summed E-state index contributed by atoms with van der Waals surface area (Å²) in [5.41, 5.74) is -2.16. The topological polar surface area (TPSA) is 110 Å². The monoisotopic (exact) mass is 608 g/mol. The minimum absolute atomic E-state index is 0.0282. The van der Waals surface area contributed by atoms with Crippen LogP contribution in [-0.4, -0.2) is 40.4 Å². The Morgan fingerprint density at radius 3 is 2.15 bits per heavy atom. The van der Waals surface area contributed by atoms with Crippen LogP contribution in [0.5, 0.6) is 0 Å². The van der Waals surface area contributed by atoms with Gasteiger partial charge < -0.3 is 10.2 Å². The number of halogens is 7. The van der Waals surface area contributed by atoms with Crippen molar-refractivity contribution in [3.05, 3.63) is 69.2 Å². The van der Waals surface area contributed by atoms with Gasteiger partial charge in [-0.15, -0.1) is 0 Å². The van der Waals surface area contributed by atoms with Crippen LogP contribution in [0, 0.1) is 34.3 Å². The second-order valence-electron chi connectivity index (χ2n) is 10.4. The molecule has 4 atom stereocenters. The van der Waals surface area contributed by atoms with Crippen molar-refractivity contribution in [3.63, 3.8) is 0 Å². The highest BCUT2D eigenvalue weighted by Gasteiger charge is 2.61. The van der Waals surface area contributed by atoms with Crippen LogP contribution in [0.15, 0.2) is 36.4 Å². The first-order valence-electron chi connectivity index (χ1n) is 11.9. The number of hydrogen-bond acceptors (Lipinski definition) is 4. The predicted molar refractivity (Wildman–Crippen MR) is 138 cm³/mol. The molecule has 1 fully saturated rings. The number of benzene rings is 2. The molecule has 1 heterocycles.